The van der Waals surface area contributed by atoms with E-state index in [9.17, 15) is 22.8 Å². The Kier molecular flexibility index (Phi) is 8.67. The highest BCUT2D eigenvalue weighted by Gasteiger charge is 2.33. The topological polar surface area (TPSA) is 131 Å². The summed E-state index contributed by atoms with van der Waals surface area (Å²) in [4.78, 5) is 36.1. The summed E-state index contributed by atoms with van der Waals surface area (Å²) in [5, 5.41) is 4.88. The van der Waals surface area contributed by atoms with Gasteiger partial charge >= 0.3 is 12.0 Å². The van der Waals surface area contributed by atoms with Gasteiger partial charge in [-0.1, -0.05) is 12.8 Å². The Labute approximate surface area is 194 Å². The average molecular weight is 482 g/mol. The van der Waals surface area contributed by atoms with Gasteiger partial charge in [-0.2, -0.15) is 4.31 Å². The lowest BCUT2D eigenvalue weighted by Crippen LogP contribution is -2.45. The first-order valence-electron chi connectivity index (χ1n) is 11.3. The molecular formula is C22H31N3O7S. The third kappa shape index (κ3) is 6.91. The van der Waals surface area contributed by atoms with E-state index in [1.807, 2.05) is 6.92 Å². The van der Waals surface area contributed by atoms with Gasteiger partial charge in [-0.15, -0.1) is 0 Å². The number of esters is 1. The highest BCUT2D eigenvalue weighted by atomic mass is 32.2. The highest BCUT2D eigenvalue weighted by molar-refractivity contribution is 7.89. The van der Waals surface area contributed by atoms with Crippen LogP contribution in [0.5, 0.6) is 5.75 Å². The molecule has 1 saturated carbocycles. The number of carbonyl (C=O) groups is 3. The van der Waals surface area contributed by atoms with Crippen LogP contribution >= 0.6 is 0 Å². The zero-order valence-electron chi connectivity index (χ0n) is 18.7. The van der Waals surface area contributed by atoms with Crippen molar-refractivity contribution in [3.63, 3.8) is 0 Å². The number of rotatable bonds is 8. The Balaban J connectivity index is 1.41. The van der Waals surface area contributed by atoms with Crippen molar-refractivity contribution in [3.8, 4) is 5.75 Å². The van der Waals surface area contributed by atoms with Crippen LogP contribution in [0.15, 0.2) is 29.2 Å². The SMILES string of the molecule is CCOc1ccc(S(=O)(=O)N2CCC(C(=O)OCC(=O)NC(=O)NC3CCCC3)CC2)cc1. The van der Waals surface area contributed by atoms with E-state index < -0.39 is 40.5 Å². The van der Waals surface area contributed by atoms with Crippen LogP contribution in [0.4, 0.5) is 4.79 Å². The molecule has 0 unspecified atom stereocenters. The Morgan fingerprint density at radius 1 is 1.03 bits per heavy atom. The van der Waals surface area contributed by atoms with Gasteiger partial charge in [0.05, 0.1) is 17.4 Å². The minimum absolute atomic E-state index is 0.0735. The van der Waals surface area contributed by atoms with Crippen molar-refractivity contribution >= 4 is 27.9 Å². The molecule has 33 heavy (non-hydrogen) atoms. The lowest BCUT2D eigenvalue weighted by Gasteiger charge is -2.30. The van der Waals surface area contributed by atoms with Crippen molar-refractivity contribution in [1.29, 1.82) is 0 Å². The molecule has 1 aliphatic heterocycles. The van der Waals surface area contributed by atoms with E-state index >= 15 is 0 Å². The molecule has 0 atom stereocenters. The van der Waals surface area contributed by atoms with Crippen LogP contribution in [0.3, 0.4) is 0 Å². The van der Waals surface area contributed by atoms with E-state index in [4.69, 9.17) is 9.47 Å². The quantitative estimate of drug-likeness (QED) is 0.541. The van der Waals surface area contributed by atoms with Crippen molar-refractivity contribution in [1.82, 2.24) is 14.9 Å². The number of hydrogen-bond donors (Lipinski definition) is 2. The normalized spacial score (nSPS) is 18.0. The van der Waals surface area contributed by atoms with Gasteiger partial charge in [-0.3, -0.25) is 14.9 Å². The zero-order valence-corrected chi connectivity index (χ0v) is 19.6. The van der Waals surface area contributed by atoms with Crippen molar-refractivity contribution in [2.75, 3.05) is 26.3 Å². The molecule has 2 aliphatic rings. The van der Waals surface area contributed by atoms with Gasteiger partial charge in [0, 0.05) is 19.1 Å². The molecule has 2 fully saturated rings. The minimum atomic E-state index is -3.68. The number of carbonyl (C=O) groups excluding carboxylic acids is 3. The number of piperidine rings is 1. The Hall–Kier alpha value is -2.66. The molecule has 1 aliphatic carbocycles. The fraction of sp³-hybridized carbons (Fsp3) is 0.591. The molecule has 0 spiro atoms. The molecular weight excluding hydrogens is 450 g/mol. The van der Waals surface area contributed by atoms with Crippen LogP contribution in [-0.2, 0) is 24.3 Å². The van der Waals surface area contributed by atoms with Gasteiger partial charge in [-0.25, -0.2) is 13.2 Å². The molecule has 11 heteroatoms. The second-order valence-electron chi connectivity index (χ2n) is 8.19. The standard InChI is InChI=1S/C22H31N3O7S/c1-2-31-18-7-9-19(10-8-18)33(29,30)25-13-11-16(12-14-25)21(27)32-15-20(26)24-22(28)23-17-5-3-4-6-17/h7-10,16-17H,2-6,11-15H2,1H3,(H2,23,24,26,28). The van der Waals surface area contributed by atoms with Crippen molar-refractivity contribution in [2.24, 2.45) is 5.92 Å². The second kappa shape index (κ2) is 11.5. The van der Waals surface area contributed by atoms with E-state index in [0.29, 0.717) is 25.2 Å². The van der Waals surface area contributed by atoms with Crippen LogP contribution in [-0.4, -0.2) is 63.0 Å². The maximum Gasteiger partial charge on any atom is 0.321 e. The lowest BCUT2D eigenvalue weighted by atomic mass is 9.98. The molecule has 10 nitrogen and oxygen atoms in total. The molecule has 1 aromatic carbocycles. The summed E-state index contributed by atoms with van der Waals surface area (Å²) >= 11 is 0. The van der Waals surface area contributed by atoms with Crippen molar-refractivity contribution < 1.29 is 32.3 Å². The van der Waals surface area contributed by atoms with Gasteiger partial charge in [0.15, 0.2) is 6.61 Å². The van der Waals surface area contributed by atoms with Gasteiger partial charge in [-0.05, 0) is 56.9 Å². The monoisotopic (exact) mass is 481 g/mol. The number of imide groups is 1. The molecule has 182 valence electrons. The lowest BCUT2D eigenvalue weighted by molar-refractivity contribution is -0.153. The Bertz CT molecular complexity index is 935. The first kappa shape index (κ1) is 25.0. The third-order valence-electron chi connectivity index (χ3n) is 5.85. The number of urea groups is 1. The first-order valence-corrected chi connectivity index (χ1v) is 12.7. The first-order chi connectivity index (χ1) is 15.8. The van der Waals surface area contributed by atoms with Gasteiger partial charge < -0.3 is 14.8 Å². The Morgan fingerprint density at radius 3 is 2.27 bits per heavy atom. The number of benzene rings is 1. The van der Waals surface area contributed by atoms with E-state index in [1.165, 1.54) is 16.4 Å². The summed E-state index contributed by atoms with van der Waals surface area (Å²) in [6, 6.07) is 5.71. The van der Waals surface area contributed by atoms with E-state index in [1.54, 1.807) is 12.1 Å². The number of amides is 3. The van der Waals surface area contributed by atoms with E-state index in [0.717, 1.165) is 25.7 Å². The second-order valence-corrected chi connectivity index (χ2v) is 10.1. The molecule has 3 amide bonds. The fourth-order valence-corrected chi connectivity index (χ4v) is 5.53. The molecule has 1 heterocycles. The zero-order chi connectivity index (χ0) is 23.8. The number of nitrogens with one attached hydrogen (secondary N) is 2. The van der Waals surface area contributed by atoms with E-state index in [2.05, 4.69) is 10.6 Å². The van der Waals surface area contributed by atoms with Gasteiger partial charge in [0.2, 0.25) is 10.0 Å². The number of nitrogens with zero attached hydrogens (tertiary/aromatic N) is 1. The molecule has 0 bridgehead atoms. The van der Waals surface area contributed by atoms with Crippen molar-refractivity contribution in [3.05, 3.63) is 24.3 Å². The summed E-state index contributed by atoms with van der Waals surface area (Å²) in [5.74, 6) is -1.18. The van der Waals surface area contributed by atoms with Gasteiger partial charge in [0.1, 0.15) is 5.75 Å². The Morgan fingerprint density at radius 2 is 1.67 bits per heavy atom. The van der Waals surface area contributed by atoms with Crippen molar-refractivity contribution in [2.45, 2.75) is 56.4 Å². The summed E-state index contributed by atoms with van der Waals surface area (Å²) in [6.45, 7) is 2.13. The maximum absolute atomic E-state index is 12.9. The van der Waals surface area contributed by atoms with Crippen LogP contribution in [0.2, 0.25) is 0 Å². The maximum atomic E-state index is 12.9. The highest BCUT2D eigenvalue weighted by Crippen LogP contribution is 2.26. The summed E-state index contributed by atoms with van der Waals surface area (Å²) in [5.41, 5.74) is 0. The van der Waals surface area contributed by atoms with Gasteiger partial charge in [0.25, 0.3) is 5.91 Å². The van der Waals surface area contributed by atoms with Crippen LogP contribution in [0.25, 0.3) is 0 Å². The molecule has 1 saturated heterocycles. The number of ether oxygens (including phenoxy) is 2. The molecule has 2 N–H and O–H groups in total. The minimum Gasteiger partial charge on any atom is -0.494 e. The summed E-state index contributed by atoms with van der Waals surface area (Å²) < 4.78 is 37.4. The van der Waals surface area contributed by atoms with Crippen LogP contribution < -0.4 is 15.4 Å². The molecule has 3 rings (SSSR count). The van der Waals surface area contributed by atoms with Crippen LogP contribution in [0.1, 0.15) is 45.4 Å². The summed E-state index contributed by atoms with van der Waals surface area (Å²) in [6.07, 6.45) is 4.47. The average Bonchev–Trinajstić information content (AvgIpc) is 3.31. The van der Waals surface area contributed by atoms with Crippen LogP contribution in [0, 0.1) is 5.92 Å². The molecule has 0 aromatic heterocycles. The fourth-order valence-electron chi connectivity index (χ4n) is 4.06. The predicted octanol–water partition coefficient (Wildman–Crippen LogP) is 1.80. The van der Waals surface area contributed by atoms with E-state index in [-0.39, 0.29) is 24.0 Å². The smallest absolute Gasteiger partial charge is 0.321 e. The predicted molar refractivity (Wildman–Crippen MR) is 119 cm³/mol. The largest absolute Gasteiger partial charge is 0.494 e. The molecule has 0 radical (unpaired) electrons. The summed E-state index contributed by atoms with van der Waals surface area (Å²) in [7, 11) is -3.68. The number of hydrogen-bond acceptors (Lipinski definition) is 7. The molecule has 1 aromatic rings. The number of sulfonamides is 1. The third-order valence-corrected chi connectivity index (χ3v) is 7.76.